The summed E-state index contributed by atoms with van der Waals surface area (Å²) in [4.78, 5) is 20.6. The highest BCUT2D eigenvalue weighted by molar-refractivity contribution is 5.79. The minimum absolute atomic E-state index is 0.0472. The summed E-state index contributed by atoms with van der Waals surface area (Å²) in [5.74, 6) is 0.0969. The summed E-state index contributed by atoms with van der Waals surface area (Å²) in [7, 11) is 0. The standard InChI is InChI=1S/C8H8N2O4/c11-7-3-5(4-9-7)6-1-2-8(14-6)10(12)13/h1-2,5H,3-4H2,(H,9,11). The van der Waals surface area contributed by atoms with Gasteiger partial charge in [-0.15, -0.1) is 0 Å². The topological polar surface area (TPSA) is 85.4 Å². The Bertz CT molecular complexity index is 384. The van der Waals surface area contributed by atoms with E-state index in [0.717, 1.165) is 0 Å². The van der Waals surface area contributed by atoms with Crippen LogP contribution in [0.25, 0.3) is 0 Å². The second-order valence-electron chi connectivity index (χ2n) is 3.14. The van der Waals surface area contributed by atoms with E-state index in [1.54, 1.807) is 6.07 Å². The molecule has 6 heteroatoms. The van der Waals surface area contributed by atoms with Gasteiger partial charge in [0.05, 0.1) is 6.07 Å². The van der Waals surface area contributed by atoms with E-state index in [9.17, 15) is 14.9 Å². The summed E-state index contributed by atoms with van der Waals surface area (Å²) >= 11 is 0. The Kier molecular flexibility index (Phi) is 1.95. The van der Waals surface area contributed by atoms with Gasteiger partial charge in [-0.3, -0.25) is 14.9 Å². The van der Waals surface area contributed by atoms with Gasteiger partial charge >= 0.3 is 5.88 Å². The van der Waals surface area contributed by atoms with Crippen LogP contribution in [0.1, 0.15) is 18.1 Å². The molecule has 1 aromatic rings. The van der Waals surface area contributed by atoms with Crippen LogP contribution in [0, 0.1) is 10.1 Å². The van der Waals surface area contributed by atoms with Gasteiger partial charge in [0.1, 0.15) is 10.7 Å². The molecule has 0 bridgehead atoms. The van der Waals surface area contributed by atoms with Crippen LogP contribution in [0.2, 0.25) is 0 Å². The molecule has 0 aromatic carbocycles. The number of carbonyl (C=O) groups is 1. The van der Waals surface area contributed by atoms with Crippen molar-refractivity contribution in [3.63, 3.8) is 0 Å². The molecule has 0 aliphatic carbocycles. The van der Waals surface area contributed by atoms with E-state index in [-0.39, 0.29) is 17.7 Å². The maximum atomic E-state index is 10.9. The quantitative estimate of drug-likeness (QED) is 0.559. The fraction of sp³-hybridized carbons (Fsp3) is 0.375. The molecule has 14 heavy (non-hydrogen) atoms. The van der Waals surface area contributed by atoms with Crippen molar-refractivity contribution >= 4 is 11.8 Å². The fourth-order valence-electron chi connectivity index (χ4n) is 1.47. The zero-order valence-electron chi connectivity index (χ0n) is 7.23. The Morgan fingerprint density at radius 3 is 2.86 bits per heavy atom. The van der Waals surface area contributed by atoms with Gasteiger partial charge in [0.2, 0.25) is 5.91 Å². The number of nitrogens with zero attached hydrogens (tertiary/aromatic N) is 1. The predicted octanol–water partition coefficient (Wildman–Crippen LogP) is 0.791. The van der Waals surface area contributed by atoms with E-state index in [1.807, 2.05) is 0 Å². The second-order valence-corrected chi connectivity index (χ2v) is 3.14. The number of amides is 1. The smallest absolute Gasteiger partial charge is 0.405 e. The van der Waals surface area contributed by atoms with Crippen molar-refractivity contribution in [2.45, 2.75) is 12.3 Å². The van der Waals surface area contributed by atoms with Crippen molar-refractivity contribution in [2.75, 3.05) is 6.54 Å². The summed E-state index contributed by atoms with van der Waals surface area (Å²) in [6.07, 6.45) is 0.338. The molecule has 1 amide bonds. The van der Waals surface area contributed by atoms with Gasteiger partial charge in [0.15, 0.2) is 0 Å². The molecule has 1 saturated heterocycles. The normalized spacial score (nSPS) is 20.9. The first-order valence-electron chi connectivity index (χ1n) is 4.17. The Morgan fingerprint density at radius 2 is 2.36 bits per heavy atom. The van der Waals surface area contributed by atoms with Crippen molar-refractivity contribution < 1.29 is 14.1 Å². The molecule has 2 rings (SSSR count). The molecule has 1 N–H and O–H groups in total. The number of nitrogens with one attached hydrogen (secondary N) is 1. The summed E-state index contributed by atoms with van der Waals surface area (Å²) in [6.45, 7) is 0.490. The van der Waals surface area contributed by atoms with Crippen LogP contribution in [-0.4, -0.2) is 17.4 Å². The molecule has 1 unspecified atom stereocenters. The van der Waals surface area contributed by atoms with E-state index in [2.05, 4.69) is 5.32 Å². The predicted molar refractivity (Wildman–Crippen MR) is 45.7 cm³/mol. The van der Waals surface area contributed by atoms with E-state index in [1.165, 1.54) is 6.07 Å². The van der Waals surface area contributed by atoms with Crippen molar-refractivity contribution in [3.8, 4) is 0 Å². The molecular formula is C8H8N2O4. The fourth-order valence-corrected chi connectivity index (χ4v) is 1.47. The van der Waals surface area contributed by atoms with Crippen molar-refractivity contribution in [3.05, 3.63) is 28.0 Å². The Balaban J connectivity index is 2.17. The highest BCUT2D eigenvalue weighted by atomic mass is 16.6. The Labute approximate surface area is 79.0 Å². The molecule has 0 radical (unpaired) electrons. The molecule has 1 aliphatic heterocycles. The van der Waals surface area contributed by atoms with Gasteiger partial charge in [0.25, 0.3) is 0 Å². The van der Waals surface area contributed by atoms with Crippen molar-refractivity contribution in [1.82, 2.24) is 5.32 Å². The minimum Gasteiger partial charge on any atom is -0.405 e. The molecule has 1 atom stereocenters. The van der Waals surface area contributed by atoms with Crippen LogP contribution >= 0.6 is 0 Å². The number of rotatable bonds is 2. The van der Waals surface area contributed by atoms with E-state index < -0.39 is 4.92 Å². The number of hydrogen-bond donors (Lipinski definition) is 1. The molecule has 74 valence electrons. The third-order valence-corrected chi connectivity index (χ3v) is 2.17. The van der Waals surface area contributed by atoms with E-state index >= 15 is 0 Å². The highest BCUT2D eigenvalue weighted by Gasteiger charge is 2.27. The second kappa shape index (κ2) is 3.13. The Morgan fingerprint density at radius 1 is 1.57 bits per heavy atom. The first kappa shape index (κ1) is 8.74. The lowest BCUT2D eigenvalue weighted by atomic mass is 10.1. The van der Waals surface area contributed by atoms with Crippen LogP contribution in [0.15, 0.2) is 16.5 Å². The lowest BCUT2D eigenvalue weighted by Gasteiger charge is -1.99. The number of nitro groups is 1. The van der Waals surface area contributed by atoms with Crippen LogP contribution < -0.4 is 5.32 Å². The first-order chi connectivity index (χ1) is 6.66. The summed E-state index contributed by atoms with van der Waals surface area (Å²) < 4.78 is 4.99. The lowest BCUT2D eigenvalue weighted by Crippen LogP contribution is -2.13. The summed E-state index contributed by atoms with van der Waals surface area (Å²) in [6, 6.07) is 2.85. The van der Waals surface area contributed by atoms with Crippen LogP contribution in [0.4, 0.5) is 5.88 Å². The largest absolute Gasteiger partial charge is 0.433 e. The van der Waals surface area contributed by atoms with Crippen LogP contribution in [0.5, 0.6) is 0 Å². The third-order valence-electron chi connectivity index (χ3n) is 2.17. The van der Waals surface area contributed by atoms with Crippen molar-refractivity contribution in [1.29, 1.82) is 0 Å². The molecule has 1 aliphatic rings. The molecule has 1 aromatic heterocycles. The highest BCUT2D eigenvalue weighted by Crippen LogP contribution is 2.27. The van der Waals surface area contributed by atoms with Gasteiger partial charge in [-0.05, 0) is 6.07 Å². The van der Waals surface area contributed by atoms with Crippen molar-refractivity contribution in [2.24, 2.45) is 0 Å². The zero-order chi connectivity index (χ0) is 10.1. The summed E-state index contributed by atoms with van der Waals surface area (Å²) in [5.41, 5.74) is 0. The average molecular weight is 196 g/mol. The van der Waals surface area contributed by atoms with E-state index in [4.69, 9.17) is 4.42 Å². The maximum Gasteiger partial charge on any atom is 0.433 e. The first-order valence-corrected chi connectivity index (χ1v) is 4.17. The lowest BCUT2D eigenvalue weighted by molar-refractivity contribution is -0.402. The van der Waals surface area contributed by atoms with Gasteiger partial charge < -0.3 is 9.73 Å². The average Bonchev–Trinajstić information content (AvgIpc) is 2.70. The van der Waals surface area contributed by atoms with Gasteiger partial charge in [-0.2, -0.15) is 0 Å². The van der Waals surface area contributed by atoms with Gasteiger partial charge in [-0.1, -0.05) is 0 Å². The number of carbonyl (C=O) groups excluding carboxylic acids is 1. The molecule has 0 spiro atoms. The summed E-state index contributed by atoms with van der Waals surface area (Å²) in [5, 5.41) is 13.0. The number of hydrogen-bond acceptors (Lipinski definition) is 4. The van der Waals surface area contributed by atoms with Crippen LogP contribution in [0.3, 0.4) is 0 Å². The third kappa shape index (κ3) is 1.46. The van der Waals surface area contributed by atoms with Gasteiger partial charge in [-0.25, -0.2) is 0 Å². The molecule has 0 saturated carbocycles. The monoisotopic (exact) mass is 196 g/mol. The molecule has 6 nitrogen and oxygen atoms in total. The number of furan rings is 1. The SMILES string of the molecule is O=C1CC(c2ccc([N+](=O)[O-])o2)CN1. The molecule has 1 fully saturated rings. The Hall–Kier alpha value is -1.85. The van der Waals surface area contributed by atoms with E-state index in [0.29, 0.717) is 18.7 Å². The molecule has 2 heterocycles. The van der Waals surface area contributed by atoms with Crippen LogP contribution in [-0.2, 0) is 4.79 Å². The molecular weight excluding hydrogens is 188 g/mol. The minimum atomic E-state index is -0.590. The zero-order valence-corrected chi connectivity index (χ0v) is 7.23. The van der Waals surface area contributed by atoms with Gasteiger partial charge in [0, 0.05) is 18.9 Å². The maximum absolute atomic E-state index is 10.9.